The van der Waals surface area contributed by atoms with Gasteiger partial charge in [0.05, 0.1) is 18.3 Å². The summed E-state index contributed by atoms with van der Waals surface area (Å²) in [5.74, 6) is 1.13. The van der Waals surface area contributed by atoms with E-state index >= 15 is 0 Å². The molecule has 0 aliphatic carbocycles. The lowest BCUT2D eigenvalue weighted by Crippen LogP contribution is -2.39. The molecule has 0 spiro atoms. The molecule has 2 aromatic rings. The van der Waals surface area contributed by atoms with E-state index in [4.69, 9.17) is 11.1 Å². The zero-order chi connectivity index (χ0) is 13.9. The molecule has 6 nitrogen and oxygen atoms in total. The van der Waals surface area contributed by atoms with E-state index in [1.807, 2.05) is 30.3 Å². The Labute approximate surface area is 117 Å². The molecule has 1 unspecified atom stereocenters. The number of benzene rings is 1. The lowest BCUT2D eigenvalue weighted by atomic mass is 9.97. The van der Waals surface area contributed by atoms with Crippen molar-refractivity contribution in [2.24, 2.45) is 5.73 Å². The summed E-state index contributed by atoms with van der Waals surface area (Å²) in [6, 6.07) is 10.00. The largest absolute Gasteiger partial charge is 0.387 e. The Morgan fingerprint density at radius 3 is 2.85 bits per heavy atom. The third kappa shape index (κ3) is 2.55. The summed E-state index contributed by atoms with van der Waals surface area (Å²) in [4.78, 5) is 2.28. The third-order valence-corrected chi connectivity index (χ3v) is 3.74. The highest BCUT2D eigenvalue weighted by molar-refractivity contribution is 5.84. The van der Waals surface area contributed by atoms with Gasteiger partial charge in [0.15, 0.2) is 0 Å². The Kier molecular flexibility index (Phi) is 3.47. The molecular weight excluding hydrogens is 252 g/mol. The number of hydrogen-bond acceptors (Lipinski definition) is 4. The van der Waals surface area contributed by atoms with E-state index in [0.29, 0.717) is 0 Å². The number of nitrogens with one attached hydrogen (secondary N) is 1. The van der Waals surface area contributed by atoms with Gasteiger partial charge in [-0.25, -0.2) is 0 Å². The van der Waals surface area contributed by atoms with Crippen LogP contribution in [0.4, 0.5) is 0 Å². The first-order chi connectivity index (χ1) is 9.74. The molecule has 0 amide bonds. The van der Waals surface area contributed by atoms with Gasteiger partial charge >= 0.3 is 0 Å². The maximum absolute atomic E-state index is 7.84. The van der Waals surface area contributed by atoms with Crippen molar-refractivity contribution in [3.63, 3.8) is 0 Å². The van der Waals surface area contributed by atoms with E-state index in [9.17, 15) is 0 Å². The summed E-state index contributed by atoms with van der Waals surface area (Å²) < 4.78 is 2.07. The van der Waals surface area contributed by atoms with Crippen molar-refractivity contribution in [3.05, 3.63) is 48.0 Å². The fourth-order valence-corrected chi connectivity index (χ4v) is 2.60. The monoisotopic (exact) mass is 270 g/mol. The first-order valence-corrected chi connectivity index (χ1v) is 6.72. The first kappa shape index (κ1) is 12.8. The average molecular weight is 270 g/mol. The van der Waals surface area contributed by atoms with Crippen LogP contribution in [0.15, 0.2) is 36.7 Å². The summed E-state index contributed by atoms with van der Waals surface area (Å²) >= 11 is 0. The Bertz CT molecular complexity index is 591. The molecule has 3 rings (SSSR count). The second kappa shape index (κ2) is 5.42. The molecule has 0 saturated heterocycles. The number of hydrogen-bond donors (Lipinski definition) is 2. The van der Waals surface area contributed by atoms with Crippen LogP contribution in [0.5, 0.6) is 0 Å². The Hall–Kier alpha value is -2.21. The summed E-state index contributed by atoms with van der Waals surface area (Å²) in [6.45, 7) is 3.33. The van der Waals surface area contributed by atoms with E-state index in [1.54, 1.807) is 6.33 Å². The predicted molar refractivity (Wildman–Crippen MR) is 76.4 cm³/mol. The van der Waals surface area contributed by atoms with Crippen molar-refractivity contribution in [1.82, 2.24) is 19.7 Å². The highest BCUT2D eigenvalue weighted by Crippen LogP contribution is 2.19. The fourth-order valence-electron chi connectivity index (χ4n) is 2.60. The van der Waals surface area contributed by atoms with Gasteiger partial charge in [0.1, 0.15) is 12.2 Å². The molecule has 1 aliphatic heterocycles. The molecule has 3 N–H and O–H groups in total. The average Bonchev–Trinajstić information content (AvgIpc) is 2.93. The summed E-state index contributed by atoms with van der Waals surface area (Å²) in [6.07, 6.45) is 1.77. The minimum absolute atomic E-state index is 0.0642. The molecule has 1 aliphatic rings. The van der Waals surface area contributed by atoms with E-state index in [2.05, 4.69) is 19.7 Å². The summed E-state index contributed by atoms with van der Waals surface area (Å²) in [5, 5.41) is 15.9. The molecule has 0 radical (unpaired) electrons. The van der Waals surface area contributed by atoms with Gasteiger partial charge in [-0.1, -0.05) is 30.3 Å². The molecule has 2 heterocycles. The van der Waals surface area contributed by atoms with Crippen molar-refractivity contribution >= 4 is 5.84 Å². The normalized spacial score (nSPS) is 16.6. The lowest BCUT2D eigenvalue weighted by molar-refractivity contribution is 0.214. The van der Waals surface area contributed by atoms with E-state index < -0.39 is 0 Å². The zero-order valence-corrected chi connectivity index (χ0v) is 11.2. The number of nitrogens with two attached hydrogens (primary N) is 1. The number of amidine groups is 1. The van der Waals surface area contributed by atoms with E-state index in [1.165, 1.54) is 0 Å². The van der Waals surface area contributed by atoms with Crippen LogP contribution < -0.4 is 5.73 Å². The van der Waals surface area contributed by atoms with Crippen molar-refractivity contribution < 1.29 is 0 Å². The van der Waals surface area contributed by atoms with Gasteiger partial charge in [0.2, 0.25) is 0 Å². The molecule has 1 aromatic heterocycles. The predicted octanol–water partition coefficient (Wildman–Crippen LogP) is 0.813. The highest BCUT2D eigenvalue weighted by Gasteiger charge is 2.23. The van der Waals surface area contributed by atoms with Crippen LogP contribution in [0, 0.1) is 5.41 Å². The number of rotatable bonds is 4. The SMILES string of the molecule is N=C(N)C(CN1CCn2cnnc2C1)c1ccccc1. The topological polar surface area (TPSA) is 83.8 Å². The minimum atomic E-state index is -0.0642. The fraction of sp³-hybridized carbons (Fsp3) is 0.357. The Morgan fingerprint density at radius 1 is 1.30 bits per heavy atom. The van der Waals surface area contributed by atoms with Crippen LogP contribution in [0.3, 0.4) is 0 Å². The van der Waals surface area contributed by atoms with Crippen molar-refractivity contribution in [2.45, 2.75) is 19.0 Å². The Balaban J connectivity index is 1.74. The second-order valence-corrected chi connectivity index (χ2v) is 5.09. The molecule has 1 aromatic carbocycles. The molecule has 0 bridgehead atoms. The molecular formula is C14H18N6. The summed E-state index contributed by atoms with van der Waals surface area (Å²) in [7, 11) is 0. The van der Waals surface area contributed by atoms with E-state index in [-0.39, 0.29) is 11.8 Å². The maximum atomic E-state index is 7.84. The van der Waals surface area contributed by atoms with Crippen LogP contribution in [-0.2, 0) is 13.1 Å². The quantitative estimate of drug-likeness (QED) is 0.636. The van der Waals surface area contributed by atoms with Gasteiger partial charge < -0.3 is 10.3 Å². The van der Waals surface area contributed by atoms with Gasteiger partial charge in [-0.15, -0.1) is 10.2 Å². The van der Waals surface area contributed by atoms with Crippen LogP contribution in [0.25, 0.3) is 0 Å². The molecule has 1 atom stereocenters. The number of aromatic nitrogens is 3. The number of nitrogens with zero attached hydrogens (tertiary/aromatic N) is 4. The van der Waals surface area contributed by atoms with Crippen LogP contribution >= 0.6 is 0 Å². The minimum Gasteiger partial charge on any atom is -0.387 e. The van der Waals surface area contributed by atoms with Gasteiger partial charge in [-0.05, 0) is 5.56 Å². The van der Waals surface area contributed by atoms with Crippen LogP contribution in [-0.4, -0.2) is 38.6 Å². The molecule has 0 saturated carbocycles. The standard InChI is InChI=1S/C14H18N6/c15-14(16)12(11-4-2-1-3-5-11)8-19-6-7-20-10-17-18-13(20)9-19/h1-5,10,12H,6-9H2,(H3,15,16). The summed E-state index contributed by atoms with van der Waals surface area (Å²) in [5.41, 5.74) is 6.87. The smallest absolute Gasteiger partial charge is 0.147 e. The lowest BCUT2D eigenvalue weighted by Gasteiger charge is -2.30. The van der Waals surface area contributed by atoms with Crippen LogP contribution in [0.2, 0.25) is 0 Å². The van der Waals surface area contributed by atoms with E-state index in [0.717, 1.165) is 37.6 Å². The van der Waals surface area contributed by atoms with Gasteiger partial charge in [-0.2, -0.15) is 0 Å². The van der Waals surface area contributed by atoms with Gasteiger partial charge in [0.25, 0.3) is 0 Å². The van der Waals surface area contributed by atoms with Crippen molar-refractivity contribution in [3.8, 4) is 0 Å². The second-order valence-electron chi connectivity index (χ2n) is 5.09. The maximum Gasteiger partial charge on any atom is 0.147 e. The molecule has 20 heavy (non-hydrogen) atoms. The molecule has 104 valence electrons. The van der Waals surface area contributed by atoms with Crippen LogP contribution in [0.1, 0.15) is 17.3 Å². The first-order valence-electron chi connectivity index (χ1n) is 6.72. The molecule has 0 fully saturated rings. The van der Waals surface area contributed by atoms with Crippen molar-refractivity contribution in [2.75, 3.05) is 13.1 Å². The van der Waals surface area contributed by atoms with Gasteiger partial charge in [-0.3, -0.25) is 10.3 Å². The highest BCUT2D eigenvalue weighted by atomic mass is 15.3. The molecule has 6 heteroatoms. The third-order valence-electron chi connectivity index (χ3n) is 3.74. The van der Waals surface area contributed by atoms with Gasteiger partial charge in [0, 0.05) is 19.6 Å². The Morgan fingerprint density at radius 2 is 2.10 bits per heavy atom. The van der Waals surface area contributed by atoms with Crippen molar-refractivity contribution in [1.29, 1.82) is 5.41 Å². The zero-order valence-electron chi connectivity index (χ0n) is 11.2. The number of fused-ring (bicyclic) bond motifs is 1.